The molecule has 0 bridgehead atoms. The summed E-state index contributed by atoms with van der Waals surface area (Å²) in [5.41, 5.74) is 10.8. The number of ether oxygens (including phenoxy) is 1. The Bertz CT molecular complexity index is 270. The Morgan fingerprint density at radius 2 is 2.21 bits per heavy atom. The Morgan fingerprint density at radius 1 is 1.57 bits per heavy atom. The first-order valence-electron chi connectivity index (χ1n) is 3.90. The second-order valence-corrected chi connectivity index (χ2v) is 2.20. The van der Waals surface area contributed by atoms with Crippen LogP contribution in [0.15, 0.2) is 6.20 Å². The van der Waals surface area contributed by atoms with Gasteiger partial charge in [-0.3, -0.25) is 4.79 Å². The highest BCUT2D eigenvalue weighted by Crippen LogP contribution is 2.02. The lowest BCUT2D eigenvalue weighted by molar-refractivity contribution is -0.140. The van der Waals surface area contributed by atoms with Crippen molar-refractivity contribution in [3.8, 4) is 0 Å². The third-order valence-corrected chi connectivity index (χ3v) is 1.04. The molecule has 0 aliphatic carbocycles. The molecule has 1 rings (SSSR count). The van der Waals surface area contributed by atoms with Gasteiger partial charge in [-0.2, -0.15) is 0 Å². The van der Waals surface area contributed by atoms with Gasteiger partial charge in [-0.05, 0) is 12.1 Å². The van der Waals surface area contributed by atoms with Crippen LogP contribution < -0.4 is 11.5 Å². The molecular weight excluding hydrogens is 186 g/mol. The first kappa shape index (κ1) is 12.1. The molecule has 0 amide bonds. The van der Waals surface area contributed by atoms with Crippen LogP contribution in [0.2, 0.25) is 0 Å². The summed E-state index contributed by atoms with van der Waals surface area (Å²) in [6.45, 7) is 3.65. The van der Waals surface area contributed by atoms with Crippen LogP contribution in [0, 0.1) is 0 Å². The van der Waals surface area contributed by atoms with Gasteiger partial charge < -0.3 is 16.2 Å². The molecule has 0 aliphatic rings. The molecule has 7 heteroatoms. The van der Waals surface area contributed by atoms with Gasteiger partial charge in [0.25, 0.3) is 0 Å². The monoisotopic (exact) mass is 199 g/mol. The van der Waals surface area contributed by atoms with E-state index in [2.05, 4.69) is 20.1 Å². The number of nitrogen functional groups attached to an aromatic ring is 2. The lowest BCUT2D eigenvalue weighted by Crippen LogP contribution is -2.00. The van der Waals surface area contributed by atoms with Gasteiger partial charge in [0.2, 0.25) is 0 Å². The van der Waals surface area contributed by atoms with E-state index in [0.717, 1.165) is 0 Å². The van der Waals surface area contributed by atoms with E-state index < -0.39 is 0 Å². The fourth-order valence-electron chi connectivity index (χ4n) is 0.489. The highest BCUT2D eigenvalue weighted by Gasteiger charge is 1.90. The van der Waals surface area contributed by atoms with E-state index in [1.54, 1.807) is 6.92 Å². The predicted octanol–water partition coefficient (Wildman–Crippen LogP) is -0.395. The Morgan fingerprint density at radius 3 is 2.43 bits per heavy atom. The number of nitrogens with zero attached hydrogens (tertiary/aromatic N) is 3. The minimum absolute atomic E-state index is 0.211. The van der Waals surface area contributed by atoms with Gasteiger partial charge in [0.05, 0.1) is 18.5 Å². The average molecular weight is 199 g/mol. The molecule has 0 radical (unpaired) electrons. The van der Waals surface area contributed by atoms with E-state index in [4.69, 9.17) is 11.5 Å². The van der Waals surface area contributed by atoms with E-state index in [1.165, 1.54) is 13.1 Å². The fourth-order valence-corrected chi connectivity index (χ4v) is 0.489. The molecule has 0 aliphatic heterocycles. The number of rotatable bonds is 1. The number of carbonyl (C=O) groups excluding carboxylic acids is 1. The molecule has 0 fully saturated rings. The van der Waals surface area contributed by atoms with Crippen LogP contribution in [0.3, 0.4) is 0 Å². The minimum Gasteiger partial charge on any atom is -0.466 e. The van der Waals surface area contributed by atoms with Crippen LogP contribution >= 0.6 is 0 Å². The number of nitrogens with two attached hydrogens (primary N) is 2. The first-order chi connectivity index (χ1) is 6.57. The van der Waals surface area contributed by atoms with Crippen molar-refractivity contribution in [1.82, 2.24) is 15.4 Å². The van der Waals surface area contributed by atoms with E-state index in [1.807, 2.05) is 0 Å². The van der Waals surface area contributed by atoms with Crippen LogP contribution in [0.1, 0.15) is 13.8 Å². The first-order valence-corrected chi connectivity index (χ1v) is 3.90. The molecule has 0 aromatic carbocycles. The molecular formula is C7H13N5O2. The summed E-state index contributed by atoms with van der Waals surface area (Å²) in [6, 6.07) is 0. The third kappa shape index (κ3) is 5.70. The Hall–Kier alpha value is -1.92. The van der Waals surface area contributed by atoms with Crippen molar-refractivity contribution >= 4 is 17.5 Å². The highest BCUT2D eigenvalue weighted by molar-refractivity contribution is 5.65. The van der Waals surface area contributed by atoms with Gasteiger partial charge in [-0.25, -0.2) is 0 Å². The average Bonchev–Trinajstić information content (AvgIpc) is 2.11. The second kappa shape index (κ2) is 6.58. The summed E-state index contributed by atoms with van der Waals surface area (Å²) in [6.07, 6.45) is 1.35. The van der Waals surface area contributed by atoms with Gasteiger partial charge in [0.1, 0.15) is 0 Å². The number of hydrogen-bond donors (Lipinski definition) is 2. The van der Waals surface area contributed by atoms with Crippen LogP contribution in [0.25, 0.3) is 0 Å². The second-order valence-electron chi connectivity index (χ2n) is 2.20. The topological polar surface area (TPSA) is 117 Å². The molecule has 1 aromatic heterocycles. The summed E-state index contributed by atoms with van der Waals surface area (Å²) in [5.74, 6) is 0.0116. The van der Waals surface area contributed by atoms with Gasteiger partial charge in [-0.15, -0.1) is 10.2 Å². The smallest absolute Gasteiger partial charge is 0.302 e. The van der Waals surface area contributed by atoms with Gasteiger partial charge in [-0.1, -0.05) is 0 Å². The maximum Gasteiger partial charge on any atom is 0.302 e. The lowest BCUT2D eigenvalue weighted by atomic mass is 10.5. The lowest BCUT2D eigenvalue weighted by Gasteiger charge is -1.90. The Balaban J connectivity index is 0.000000255. The molecule has 0 saturated heterocycles. The van der Waals surface area contributed by atoms with Crippen molar-refractivity contribution in [3.05, 3.63) is 6.20 Å². The van der Waals surface area contributed by atoms with Crippen LogP contribution in [-0.2, 0) is 9.53 Å². The minimum atomic E-state index is -0.211. The van der Waals surface area contributed by atoms with Crippen molar-refractivity contribution in [2.24, 2.45) is 0 Å². The molecule has 0 saturated carbocycles. The number of hydrogen-bond acceptors (Lipinski definition) is 7. The molecule has 4 N–H and O–H groups in total. The van der Waals surface area contributed by atoms with Crippen molar-refractivity contribution in [2.75, 3.05) is 18.1 Å². The van der Waals surface area contributed by atoms with Crippen molar-refractivity contribution in [2.45, 2.75) is 13.8 Å². The fraction of sp³-hybridized carbons (Fsp3) is 0.429. The molecule has 1 heterocycles. The van der Waals surface area contributed by atoms with Gasteiger partial charge in [0.15, 0.2) is 5.82 Å². The zero-order valence-corrected chi connectivity index (χ0v) is 8.10. The number of anilines is 2. The van der Waals surface area contributed by atoms with Gasteiger partial charge in [0, 0.05) is 6.92 Å². The summed E-state index contributed by atoms with van der Waals surface area (Å²) >= 11 is 0. The zero-order chi connectivity index (χ0) is 11.0. The van der Waals surface area contributed by atoms with E-state index in [0.29, 0.717) is 12.3 Å². The zero-order valence-electron chi connectivity index (χ0n) is 8.10. The van der Waals surface area contributed by atoms with Gasteiger partial charge >= 0.3 is 5.97 Å². The molecule has 0 atom stereocenters. The molecule has 0 spiro atoms. The van der Waals surface area contributed by atoms with Crippen molar-refractivity contribution < 1.29 is 9.53 Å². The predicted molar refractivity (Wildman–Crippen MR) is 51.0 cm³/mol. The van der Waals surface area contributed by atoms with E-state index in [-0.39, 0.29) is 11.8 Å². The number of carbonyl (C=O) groups is 1. The maximum atomic E-state index is 9.82. The molecule has 14 heavy (non-hydrogen) atoms. The third-order valence-electron chi connectivity index (χ3n) is 1.04. The van der Waals surface area contributed by atoms with E-state index >= 15 is 0 Å². The molecule has 0 unspecified atom stereocenters. The highest BCUT2D eigenvalue weighted by atomic mass is 16.5. The van der Waals surface area contributed by atoms with Crippen LogP contribution in [0.5, 0.6) is 0 Å². The van der Waals surface area contributed by atoms with Crippen LogP contribution in [0.4, 0.5) is 11.5 Å². The largest absolute Gasteiger partial charge is 0.466 e. The quantitative estimate of drug-likeness (QED) is 0.591. The Labute approximate surface area is 81.4 Å². The molecule has 1 aromatic rings. The normalized spacial score (nSPS) is 8.43. The van der Waals surface area contributed by atoms with Crippen LogP contribution in [-0.4, -0.2) is 28.0 Å². The summed E-state index contributed by atoms with van der Waals surface area (Å²) in [7, 11) is 0. The van der Waals surface area contributed by atoms with E-state index in [9.17, 15) is 4.79 Å². The van der Waals surface area contributed by atoms with Crippen molar-refractivity contribution in [1.29, 1.82) is 0 Å². The standard InChI is InChI=1S/C4H8O2.C3H5N5/c1-3-6-4(2)5;4-2-1-6-8-7-3(2)5/h3H2,1-2H3;1H,(H2,4,8)(H2,5,6,7). The number of aromatic nitrogens is 3. The Kier molecular flexibility index (Phi) is 5.68. The summed E-state index contributed by atoms with van der Waals surface area (Å²) in [5, 5.41) is 9.99. The SMILES string of the molecule is CCOC(C)=O.Nc1cnnnc1N. The summed E-state index contributed by atoms with van der Waals surface area (Å²) < 4.78 is 4.40. The summed E-state index contributed by atoms with van der Waals surface area (Å²) in [4.78, 5) is 9.82. The van der Waals surface area contributed by atoms with Crippen molar-refractivity contribution in [3.63, 3.8) is 0 Å². The molecule has 7 nitrogen and oxygen atoms in total. The number of esters is 1. The maximum absolute atomic E-state index is 9.82. The molecule has 78 valence electrons.